The van der Waals surface area contributed by atoms with E-state index in [4.69, 9.17) is 4.74 Å². The molecule has 2 nitrogen and oxygen atoms in total. The quantitative estimate of drug-likeness (QED) is 0.820. The zero-order valence-corrected chi connectivity index (χ0v) is 11.2. The van der Waals surface area contributed by atoms with Gasteiger partial charge in [-0.05, 0) is 44.3 Å². The topological polar surface area (TPSA) is 21.3 Å². The van der Waals surface area contributed by atoms with E-state index in [-0.39, 0.29) is 0 Å². The van der Waals surface area contributed by atoms with Crippen molar-refractivity contribution in [3.8, 4) is 0 Å². The summed E-state index contributed by atoms with van der Waals surface area (Å²) in [5.74, 6) is 1.38. The Hall–Kier alpha value is 0.270. The Bertz CT molecular complexity index is 186. The van der Waals surface area contributed by atoms with E-state index in [0.29, 0.717) is 6.10 Å². The second-order valence-corrected chi connectivity index (χ2v) is 6.51. The summed E-state index contributed by atoms with van der Waals surface area (Å²) < 4.78 is 5.40. The fraction of sp³-hybridized carbons (Fsp3) is 1.00. The van der Waals surface area contributed by atoms with E-state index in [1.54, 1.807) is 0 Å². The Morgan fingerprint density at radius 1 is 1.12 bits per heavy atom. The van der Waals surface area contributed by atoms with E-state index in [2.05, 4.69) is 17.1 Å². The van der Waals surface area contributed by atoms with E-state index in [0.717, 1.165) is 11.3 Å². The molecule has 1 aliphatic carbocycles. The van der Waals surface area contributed by atoms with Crippen LogP contribution in [0.5, 0.6) is 0 Å². The summed E-state index contributed by atoms with van der Waals surface area (Å²) in [5.41, 5.74) is 0. The number of ether oxygens (including phenoxy) is 1. The van der Waals surface area contributed by atoms with Crippen LogP contribution in [0.25, 0.3) is 0 Å². The summed E-state index contributed by atoms with van der Waals surface area (Å²) in [5, 5.41) is 4.64. The average Bonchev–Trinajstić information content (AvgIpc) is 2.38. The summed E-state index contributed by atoms with van der Waals surface area (Å²) in [6, 6.07) is 0.758. The van der Waals surface area contributed by atoms with Crippen LogP contribution in [0.2, 0.25) is 0 Å². The molecule has 0 aromatic heterocycles. The second kappa shape index (κ2) is 6.87. The molecule has 0 amide bonds. The highest BCUT2D eigenvalue weighted by Crippen LogP contribution is 2.25. The molecular formula is C13H25NOS. The number of hydrogen-bond acceptors (Lipinski definition) is 3. The smallest absolute Gasteiger partial charge is 0.0572 e. The fourth-order valence-corrected chi connectivity index (χ4v) is 4.02. The third kappa shape index (κ3) is 3.94. The van der Waals surface area contributed by atoms with Gasteiger partial charge in [-0.25, -0.2) is 0 Å². The predicted molar refractivity (Wildman–Crippen MR) is 71.2 cm³/mol. The number of nitrogens with one attached hydrogen (secondary N) is 1. The van der Waals surface area contributed by atoms with Gasteiger partial charge in [0.15, 0.2) is 0 Å². The average molecular weight is 243 g/mol. The third-order valence-electron chi connectivity index (χ3n) is 3.92. The second-order valence-electron chi connectivity index (χ2n) is 5.11. The Balaban J connectivity index is 1.59. The van der Waals surface area contributed by atoms with Crippen LogP contribution >= 0.6 is 11.8 Å². The van der Waals surface area contributed by atoms with Crippen molar-refractivity contribution in [1.82, 2.24) is 5.32 Å². The maximum atomic E-state index is 5.40. The van der Waals surface area contributed by atoms with Gasteiger partial charge in [-0.15, -0.1) is 0 Å². The van der Waals surface area contributed by atoms with Crippen LogP contribution < -0.4 is 5.32 Å². The molecule has 0 aromatic rings. The van der Waals surface area contributed by atoms with Gasteiger partial charge >= 0.3 is 0 Å². The lowest BCUT2D eigenvalue weighted by atomic mass is 9.93. The first-order valence-corrected chi connectivity index (χ1v) is 7.81. The zero-order valence-electron chi connectivity index (χ0n) is 10.4. The van der Waals surface area contributed by atoms with Crippen molar-refractivity contribution >= 4 is 11.8 Å². The van der Waals surface area contributed by atoms with E-state index in [9.17, 15) is 0 Å². The number of hydrogen-bond donors (Lipinski definition) is 1. The van der Waals surface area contributed by atoms with Crippen molar-refractivity contribution in [2.75, 3.05) is 19.4 Å². The molecule has 1 N–H and O–H groups in total. The van der Waals surface area contributed by atoms with Crippen molar-refractivity contribution < 1.29 is 4.74 Å². The Labute approximate surface area is 104 Å². The van der Waals surface area contributed by atoms with E-state index < -0.39 is 0 Å². The van der Waals surface area contributed by atoms with Gasteiger partial charge in [0, 0.05) is 24.9 Å². The molecule has 1 atom stereocenters. The fourth-order valence-electron chi connectivity index (χ4n) is 2.77. The van der Waals surface area contributed by atoms with Gasteiger partial charge < -0.3 is 10.1 Å². The zero-order chi connectivity index (χ0) is 11.2. The van der Waals surface area contributed by atoms with E-state index >= 15 is 0 Å². The van der Waals surface area contributed by atoms with Crippen LogP contribution in [0.15, 0.2) is 0 Å². The normalized spacial score (nSPS) is 36.2. The predicted octanol–water partition coefficient (Wildman–Crippen LogP) is 2.82. The molecule has 2 aliphatic rings. The van der Waals surface area contributed by atoms with Crippen LogP contribution in [0, 0.1) is 0 Å². The minimum atomic E-state index is 0.530. The lowest BCUT2D eigenvalue weighted by Gasteiger charge is -2.30. The molecule has 1 heterocycles. The van der Waals surface area contributed by atoms with Gasteiger partial charge in [0.1, 0.15) is 0 Å². The monoisotopic (exact) mass is 243 g/mol. The van der Waals surface area contributed by atoms with Crippen LogP contribution in [0.3, 0.4) is 0 Å². The van der Waals surface area contributed by atoms with Gasteiger partial charge in [0.05, 0.1) is 6.10 Å². The summed E-state index contributed by atoms with van der Waals surface area (Å²) in [6.07, 6.45) is 9.91. The molecule has 1 saturated carbocycles. The SMILES string of the molecule is COC1CCC(NCC2CCCCS2)CC1. The largest absolute Gasteiger partial charge is 0.381 e. The molecule has 2 rings (SSSR count). The first-order valence-electron chi connectivity index (χ1n) is 6.76. The Morgan fingerprint density at radius 3 is 2.56 bits per heavy atom. The minimum absolute atomic E-state index is 0.530. The van der Waals surface area contributed by atoms with Crippen molar-refractivity contribution in [2.45, 2.75) is 62.3 Å². The first-order chi connectivity index (χ1) is 7.88. The van der Waals surface area contributed by atoms with E-state index in [1.807, 2.05) is 7.11 Å². The number of thioether (sulfide) groups is 1. The van der Waals surface area contributed by atoms with Gasteiger partial charge in [-0.3, -0.25) is 0 Å². The van der Waals surface area contributed by atoms with Gasteiger partial charge in [0.2, 0.25) is 0 Å². The molecule has 1 saturated heterocycles. The molecule has 3 heteroatoms. The van der Waals surface area contributed by atoms with Crippen molar-refractivity contribution in [1.29, 1.82) is 0 Å². The molecule has 94 valence electrons. The van der Waals surface area contributed by atoms with Crippen molar-refractivity contribution in [2.24, 2.45) is 0 Å². The summed E-state index contributed by atoms with van der Waals surface area (Å²) in [4.78, 5) is 0. The van der Waals surface area contributed by atoms with Crippen LogP contribution in [0.4, 0.5) is 0 Å². The number of rotatable bonds is 4. The lowest BCUT2D eigenvalue weighted by molar-refractivity contribution is 0.0626. The maximum absolute atomic E-state index is 5.40. The molecule has 2 fully saturated rings. The van der Waals surface area contributed by atoms with Crippen molar-refractivity contribution in [3.05, 3.63) is 0 Å². The van der Waals surface area contributed by atoms with Crippen LogP contribution in [-0.2, 0) is 4.74 Å². The Morgan fingerprint density at radius 2 is 1.94 bits per heavy atom. The molecule has 1 unspecified atom stereocenters. The summed E-state index contributed by atoms with van der Waals surface area (Å²) in [6.45, 7) is 1.23. The lowest BCUT2D eigenvalue weighted by Crippen LogP contribution is -2.39. The highest BCUT2D eigenvalue weighted by Gasteiger charge is 2.21. The molecule has 1 aliphatic heterocycles. The van der Waals surface area contributed by atoms with Gasteiger partial charge in [-0.1, -0.05) is 6.42 Å². The Kier molecular flexibility index (Phi) is 5.46. The molecular weight excluding hydrogens is 218 g/mol. The number of methoxy groups -OCH3 is 1. The molecule has 0 aromatic carbocycles. The standard InChI is InChI=1S/C13H25NOS/c1-15-12-7-5-11(6-8-12)14-10-13-4-2-3-9-16-13/h11-14H,2-10H2,1H3. The summed E-state index contributed by atoms with van der Waals surface area (Å²) in [7, 11) is 1.84. The molecule has 0 spiro atoms. The maximum Gasteiger partial charge on any atom is 0.0572 e. The third-order valence-corrected chi connectivity index (χ3v) is 5.31. The first kappa shape index (κ1) is 12.7. The molecule has 0 bridgehead atoms. The van der Waals surface area contributed by atoms with Gasteiger partial charge in [0.25, 0.3) is 0 Å². The van der Waals surface area contributed by atoms with E-state index in [1.165, 1.54) is 57.2 Å². The van der Waals surface area contributed by atoms with Gasteiger partial charge in [-0.2, -0.15) is 11.8 Å². The van der Waals surface area contributed by atoms with Crippen LogP contribution in [-0.4, -0.2) is 36.8 Å². The highest BCUT2D eigenvalue weighted by atomic mass is 32.2. The summed E-state index contributed by atoms with van der Waals surface area (Å²) >= 11 is 2.17. The highest BCUT2D eigenvalue weighted by molar-refractivity contribution is 7.99. The van der Waals surface area contributed by atoms with Crippen LogP contribution in [0.1, 0.15) is 44.9 Å². The minimum Gasteiger partial charge on any atom is -0.381 e. The molecule has 0 radical (unpaired) electrons. The van der Waals surface area contributed by atoms with Crippen molar-refractivity contribution in [3.63, 3.8) is 0 Å². The molecule has 16 heavy (non-hydrogen) atoms.